The first-order chi connectivity index (χ1) is 8.60. The largest absolute Gasteiger partial charge is 0.558 e. The van der Waals surface area contributed by atoms with Crippen LogP contribution in [0, 0.1) is 12.4 Å². The van der Waals surface area contributed by atoms with Crippen molar-refractivity contribution in [2.24, 2.45) is 0 Å². The number of carboxylic acid groups (broad SMARTS) is 1. The molecule has 0 aliphatic rings. The van der Waals surface area contributed by atoms with Crippen molar-refractivity contribution in [3.8, 4) is 0 Å². The summed E-state index contributed by atoms with van der Waals surface area (Å²) in [5.41, 5.74) is 0.0979. The summed E-state index contributed by atoms with van der Waals surface area (Å²) >= 11 is 0. The average Bonchev–Trinajstić information content (AvgIpc) is 2.35. The molecule has 0 aromatic heterocycles. The molecule has 0 atom stereocenters. The maximum atomic E-state index is 13.0. The molecule has 18 heavy (non-hydrogen) atoms. The molecule has 0 N–H and O–H groups in total. The lowest BCUT2D eigenvalue weighted by atomic mass is 10.1. The minimum absolute atomic E-state index is 0.331. The minimum Gasteiger partial charge on any atom is -0.558 e. The molecular formula is C14H7FNO2-. The number of benzene rings is 2. The first-order valence-corrected chi connectivity index (χ1v) is 5.10. The molecule has 0 amide bonds. The molecule has 0 heterocycles. The van der Waals surface area contributed by atoms with Crippen molar-refractivity contribution >= 4 is 22.8 Å². The van der Waals surface area contributed by atoms with E-state index in [0.717, 1.165) is 5.39 Å². The number of halogens is 1. The molecule has 2 rings (SSSR count). The number of hydrogen-bond donors (Lipinski definition) is 0. The van der Waals surface area contributed by atoms with E-state index in [9.17, 15) is 14.3 Å². The van der Waals surface area contributed by atoms with Crippen molar-refractivity contribution in [3.63, 3.8) is 0 Å². The summed E-state index contributed by atoms with van der Waals surface area (Å²) in [6.07, 6.45) is 1.23. The van der Waals surface area contributed by atoms with Gasteiger partial charge in [-0.2, -0.15) is 0 Å². The number of rotatable bonds is 2. The van der Waals surface area contributed by atoms with Gasteiger partial charge < -0.3 is 9.90 Å². The zero-order valence-electron chi connectivity index (χ0n) is 9.18. The van der Waals surface area contributed by atoms with E-state index in [1.54, 1.807) is 24.3 Å². The van der Waals surface area contributed by atoms with Crippen molar-refractivity contribution in [1.82, 2.24) is 0 Å². The van der Waals surface area contributed by atoms with Gasteiger partial charge in [-0.3, -0.25) is 0 Å². The highest BCUT2D eigenvalue weighted by atomic mass is 19.1. The third kappa shape index (κ3) is 2.36. The van der Waals surface area contributed by atoms with Crippen molar-refractivity contribution in [2.45, 2.75) is 0 Å². The Labute approximate surface area is 103 Å². The van der Waals surface area contributed by atoms with E-state index in [2.05, 4.69) is 4.85 Å². The van der Waals surface area contributed by atoms with Gasteiger partial charge in [-0.15, -0.1) is 0 Å². The van der Waals surface area contributed by atoms with Crippen LogP contribution in [0.4, 0.5) is 4.39 Å². The fourth-order valence-electron chi connectivity index (χ4n) is 1.62. The van der Waals surface area contributed by atoms with Crippen LogP contribution >= 0.6 is 0 Å². The van der Waals surface area contributed by atoms with Crippen LogP contribution in [-0.4, -0.2) is 5.97 Å². The number of nitrogens with zero attached hydrogens (tertiary/aromatic N) is 1. The van der Waals surface area contributed by atoms with Crippen LogP contribution in [0.2, 0.25) is 0 Å². The van der Waals surface area contributed by atoms with Crippen molar-refractivity contribution < 1.29 is 14.3 Å². The van der Waals surface area contributed by atoms with Crippen LogP contribution in [0.3, 0.4) is 0 Å². The molecule has 3 nitrogen and oxygen atoms in total. The van der Waals surface area contributed by atoms with Crippen LogP contribution in [0.15, 0.2) is 42.1 Å². The highest BCUT2D eigenvalue weighted by Gasteiger charge is 2.00. The molecule has 0 bridgehead atoms. The molecule has 0 saturated carbocycles. The van der Waals surface area contributed by atoms with Gasteiger partial charge in [0.25, 0.3) is 0 Å². The molecular weight excluding hydrogens is 233 g/mol. The van der Waals surface area contributed by atoms with Crippen LogP contribution in [0.1, 0.15) is 5.56 Å². The smallest absolute Gasteiger partial charge is 0.209 e. The summed E-state index contributed by atoms with van der Waals surface area (Å²) in [6.45, 7) is 6.72. The summed E-state index contributed by atoms with van der Waals surface area (Å²) < 4.78 is 13.0. The van der Waals surface area contributed by atoms with Gasteiger partial charge in [0.1, 0.15) is 5.82 Å². The maximum absolute atomic E-state index is 13.0. The van der Waals surface area contributed by atoms with Crippen LogP contribution in [0.25, 0.3) is 21.7 Å². The summed E-state index contributed by atoms with van der Waals surface area (Å²) in [4.78, 5) is 13.5. The van der Waals surface area contributed by atoms with Crippen LogP contribution < -0.4 is 5.11 Å². The molecule has 0 saturated heterocycles. The molecule has 0 aliphatic carbocycles. The number of carboxylic acids is 1. The molecule has 0 unspecified atom stereocenters. The van der Waals surface area contributed by atoms with Gasteiger partial charge in [0.05, 0.1) is 12.5 Å². The lowest BCUT2D eigenvalue weighted by molar-refractivity contribution is -0.298. The molecule has 4 heteroatoms. The van der Waals surface area contributed by atoms with Gasteiger partial charge in [0, 0.05) is 0 Å². The molecule has 0 spiro atoms. The minimum atomic E-state index is -1.51. The summed E-state index contributed by atoms with van der Waals surface area (Å²) in [5.74, 6) is -1.84. The molecule has 2 aromatic rings. The highest BCUT2D eigenvalue weighted by molar-refractivity contribution is 5.94. The Hall–Kier alpha value is -2.67. The zero-order valence-corrected chi connectivity index (χ0v) is 9.18. The third-order valence-corrected chi connectivity index (χ3v) is 2.46. The fourth-order valence-corrected chi connectivity index (χ4v) is 1.62. The second-order valence-corrected chi connectivity index (χ2v) is 3.68. The molecule has 0 fully saturated rings. The number of carbonyl (C=O) groups excluding carboxylic acids is 1. The quantitative estimate of drug-likeness (QED) is 0.595. The Morgan fingerprint density at radius 2 is 1.89 bits per heavy atom. The SMILES string of the molecule is [C-]#[N+]/C(=C\c1ccc2cc(F)ccc2c1)C(=O)[O-]. The fraction of sp³-hybridized carbons (Fsp3) is 0. The monoisotopic (exact) mass is 240 g/mol. The topological polar surface area (TPSA) is 44.5 Å². The van der Waals surface area contributed by atoms with E-state index in [1.165, 1.54) is 18.2 Å². The van der Waals surface area contributed by atoms with Gasteiger partial charge in [-0.1, -0.05) is 18.2 Å². The molecule has 88 valence electrons. The Balaban J connectivity index is 2.52. The van der Waals surface area contributed by atoms with Gasteiger partial charge in [-0.25, -0.2) is 9.24 Å². The number of carbonyl (C=O) groups is 1. The van der Waals surface area contributed by atoms with Crippen LogP contribution in [-0.2, 0) is 4.79 Å². The summed E-state index contributed by atoms with van der Waals surface area (Å²) in [6, 6.07) is 9.28. The Morgan fingerprint density at radius 3 is 2.56 bits per heavy atom. The lowest BCUT2D eigenvalue weighted by Gasteiger charge is -2.02. The standard InChI is InChI=1S/C14H8FNO2/c1-16-13(14(17)18)7-9-2-3-11-8-12(15)5-4-10(11)6-9/h2-8H,(H,17,18)/p-1/b13-7-. The van der Waals surface area contributed by atoms with E-state index in [4.69, 9.17) is 6.57 Å². The second-order valence-electron chi connectivity index (χ2n) is 3.68. The zero-order chi connectivity index (χ0) is 13.1. The Morgan fingerprint density at radius 1 is 1.22 bits per heavy atom. The van der Waals surface area contributed by atoms with Crippen molar-refractivity contribution in [3.05, 3.63) is 64.9 Å². The molecule has 0 radical (unpaired) electrons. The lowest BCUT2D eigenvalue weighted by Crippen LogP contribution is -2.22. The van der Waals surface area contributed by atoms with E-state index in [0.29, 0.717) is 10.9 Å². The summed E-state index contributed by atoms with van der Waals surface area (Å²) in [5, 5.41) is 12.1. The first-order valence-electron chi connectivity index (χ1n) is 5.10. The Bertz CT molecular complexity index is 698. The molecule has 0 aliphatic heterocycles. The third-order valence-electron chi connectivity index (χ3n) is 2.46. The Kier molecular flexibility index (Phi) is 3.07. The average molecular weight is 240 g/mol. The van der Waals surface area contributed by atoms with Crippen LogP contribution in [0.5, 0.6) is 0 Å². The molecule has 2 aromatic carbocycles. The predicted octanol–water partition coefficient (Wildman–Crippen LogP) is 1.99. The van der Waals surface area contributed by atoms with Crippen molar-refractivity contribution in [1.29, 1.82) is 0 Å². The van der Waals surface area contributed by atoms with Crippen molar-refractivity contribution in [2.75, 3.05) is 0 Å². The van der Waals surface area contributed by atoms with Gasteiger partial charge in [0.15, 0.2) is 0 Å². The van der Waals surface area contributed by atoms with Gasteiger partial charge in [0.2, 0.25) is 5.70 Å². The van der Waals surface area contributed by atoms with E-state index >= 15 is 0 Å². The highest BCUT2D eigenvalue weighted by Crippen LogP contribution is 2.19. The number of fused-ring (bicyclic) bond motifs is 1. The number of hydrogen-bond acceptors (Lipinski definition) is 2. The van der Waals surface area contributed by atoms with E-state index in [-0.39, 0.29) is 5.82 Å². The van der Waals surface area contributed by atoms with Gasteiger partial charge in [-0.05, 0) is 40.6 Å². The summed E-state index contributed by atoms with van der Waals surface area (Å²) in [7, 11) is 0. The predicted molar refractivity (Wildman–Crippen MR) is 63.5 cm³/mol. The number of aliphatic carboxylic acids is 1. The normalized spacial score (nSPS) is 11.2. The van der Waals surface area contributed by atoms with E-state index in [1.807, 2.05) is 0 Å². The second kappa shape index (κ2) is 4.68. The van der Waals surface area contributed by atoms with Gasteiger partial charge >= 0.3 is 0 Å². The first kappa shape index (κ1) is 11.8. The maximum Gasteiger partial charge on any atom is 0.209 e. The van der Waals surface area contributed by atoms with E-state index < -0.39 is 11.7 Å².